The fraction of sp³-hybridized carbons (Fsp3) is 0.464. The molecule has 1 amide bonds. The van der Waals surface area contributed by atoms with Crippen LogP contribution in [0.3, 0.4) is 0 Å². The standard InChI is InChI=1S/C28H36N2O3/c1-28(2,3)33-27(31)30(24-14-15-24)20-23-19-29(16-9-17-32-4)25-13-8-12-22(26(23)25)18-21-10-6-5-7-11-21/h5-8,10-13,19,24H,9,14-18,20H2,1-4H3. The van der Waals surface area contributed by atoms with Crippen LogP contribution in [-0.4, -0.2) is 40.9 Å². The maximum atomic E-state index is 13.1. The normalized spacial score (nSPS) is 13.9. The average molecular weight is 449 g/mol. The topological polar surface area (TPSA) is 43.7 Å². The lowest BCUT2D eigenvalue weighted by Gasteiger charge is -2.27. The zero-order chi connectivity index (χ0) is 23.4. The van der Waals surface area contributed by atoms with E-state index in [9.17, 15) is 4.79 Å². The summed E-state index contributed by atoms with van der Waals surface area (Å²) in [5.74, 6) is 0. The largest absolute Gasteiger partial charge is 0.444 e. The van der Waals surface area contributed by atoms with Crippen LogP contribution in [-0.2, 0) is 29.0 Å². The lowest BCUT2D eigenvalue weighted by molar-refractivity contribution is 0.0217. The Morgan fingerprint density at radius 2 is 1.82 bits per heavy atom. The minimum atomic E-state index is -0.503. The van der Waals surface area contributed by atoms with Crippen LogP contribution in [0.4, 0.5) is 4.79 Å². The van der Waals surface area contributed by atoms with Crippen molar-refractivity contribution in [3.63, 3.8) is 0 Å². The van der Waals surface area contributed by atoms with Crippen molar-refractivity contribution >= 4 is 17.0 Å². The Labute approximate surface area is 197 Å². The van der Waals surface area contributed by atoms with Crippen molar-refractivity contribution in [3.05, 3.63) is 71.4 Å². The summed E-state index contributed by atoms with van der Waals surface area (Å²) in [5, 5.41) is 1.26. The van der Waals surface area contributed by atoms with Crippen molar-refractivity contribution < 1.29 is 14.3 Å². The average Bonchev–Trinajstić information content (AvgIpc) is 3.54. The van der Waals surface area contributed by atoms with Crippen LogP contribution >= 0.6 is 0 Å². The number of aryl methyl sites for hydroxylation is 1. The molecule has 2 aromatic carbocycles. The number of methoxy groups -OCH3 is 1. The Bertz CT molecular complexity index is 1080. The lowest BCUT2D eigenvalue weighted by Crippen LogP contribution is -2.37. The predicted octanol–water partition coefficient (Wildman–Crippen LogP) is 6.17. The van der Waals surface area contributed by atoms with Gasteiger partial charge in [-0.1, -0.05) is 42.5 Å². The molecular formula is C28H36N2O3. The van der Waals surface area contributed by atoms with E-state index in [1.165, 1.54) is 27.6 Å². The van der Waals surface area contributed by atoms with Gasteiger partial charge < -0.3 is 18.9 Å². The maximum Gasteiger partial charge on any atom is 0.410 e. The molecule has 1 heterocycles. The molecular weight excluding hydrogens is 412 g/mol. The van der Waals surface area contributed by atoms with Crippen molar-refractivity contribution in [2.75, 3.05) is 13.7 Å². The van der Waals surface area contributed by atoms with E-state index < -0.39 is 5.60 Å². The van der Waals surface area contributed by atoms with Gasteiger partial charge in [0.2, 0.25) is 0 Å². The Morgan fingerprint density at radius 3 is 2.48 bits per heavy atom. The minimum Gasteiger partial charge on any atom is -0.444 e. The summed E-state index contributed by atoms with van der Waals surface area (Å²) in [6, 6.07) is 17.4. The van der Waals surface area contributed by atoms with Gasteiger partial charge >= 0.3 is 6.09 Å². The Hall–Kier alpha value is -2.79. The van der Waals surface area contributed by atoms with Gasteiger partial charge in [0, 0.05) is 43.4 Å². The first kappa shape index (κ1) is 23.4. The predicted molar refractivity (Wildman–Crippen MR) is 132 cm³/mol. The molecule has 1 aliphatic carbocycles. The first-order chi connectivity index (χ1) is 15.9. The summed E-state index contributed by atoms with van der Waals surface area (Å²) in [6.07, 6.45) is 5.91. The molecule has 0 unspecified atom stereocenters. The fourth-order valence-electron chi connectivity index (χ4n) is 4.40. The quantitative estimate of drug-likeness (QED) is 0.368. The summed E-state index contributed by atoms with van der Waals surface area (Å²) in [5.41, 5.74) is 4.48. The number of carbonyl (C=O) groups is 1. The zero-order valence-corrected chi connectivity index (χ0v) is 20.3. The van der Waals surface area contributed by atoms with Gasteiger partial charge in [-0.3, -0.25) is 0 Å². The van der Waals surface area contributed by atoms with Gasteiger partial charge in [0.15, 0.2) is 0 Å². The molecule has 33 heavy (non-hydrogen) atoms. The molecule has 0 atom stereocenters. The van der Waals surface area contributed by atoms with Gasteiger partial charge in [-0.2, -0.15) is 0 Å². The van der Waals surface area contributed by atoms with E-state index in [0.29, 0.717) is 6.54 Å². The zero-order valence-electron chi connectivity index (χ0n) is 20.3. The monoisotopic (exact) mass is 448 g/mol. The number of carbonyl (C=O) groups excluding carboxylic acids is 1. The molecule has 5 nitrogen and oxygen atoms in total. The first-order valence-corrected chi connectivity index (χ1v) is 12.0. The molecule has 0 bridgehead atoms. The Kier molecular flexibility index (Phi) is 7.08. The number of amides is 1. The van der Waals surface area contributed by atoms with Gasteiger partial charge in [0.1, 0.15) is 5.60 Å². The Balaban J connectivity index is 1.71. The van der Waals surface area contributed by atoms with Crippen LogP contribution in [0.2, 0.25) is 0 Å². The molecule has 0 aliphatic heterocycles. The highest BCUT2D eigenvalue weighted by atomic mass is 16.6. The molecule has 176 valence electrons. The maximum absolute atomic E-state index is 13.1. The van der Waals surface area contributed by atoms with Crippen molar-refractivity contribution in [3.8, 4) is 0 Å². The number of rotatable bonds is 9. The Morgan fingerprint density at radius 1 is 1.06 bits per heavy atom. The SMILES string of the molecule is COCCCn1cc(CN(C(=O)OC(C)(C)C)C2CC2)c2c(Cc3ccccc3)cccc21. The number of fused-ring (bicyclic) bond motifs is 1. The van der Waals surface area contributed by atoms with E-state index in [1.807, 2.05) is 25.7 Å². The van der Waals surface area contributed by atoms with Gasteiger partial charge in [-0.05, 0) is 69.2 Å². The van der Waals surface area contributed by atoms with Gasteiger partial charge in [-0.25, -0.2) is 4.79 Å². The number of nitrogens with zero attached hydrogens (tertiary/aromatic N) is 2. The molecule has 1 aromatic heterocycles. The molecule has 1 fully saturated rings. The molecule has 0 spiro atoms. The summed E-state index contributed by atoms with van der Waals surface area (Å²) in [6.45, 7) is 7.96. The molecule has 3 aromatic rings. The van der Waals surface area contributed by atoms with Crippen molar-refractivity contribution in [2.45, 2.75) is 71.2 Å². The molecule has 0 saturated heterocycles. The molecule has 1 saturated carbocycles. The number of hydrogen-bond acceptors (Lipinski definition) is 3. The van der Waals surface area contributed by atoms with Crippen LogP contribution in [0.1, 0.15) is 56.7 Å². The number of benzene rings is 2. The summed E-state index contributed by atoms with van der Waals surface area (Å²) in [4.78, 5) is 15.0. The van der Waals surface area contributed by atoms with E-state index in [0.717, 1.165) is 38.8 Å². The van der Waals surface area contributed by atoms with Crippen molar-refractivity contribution in [1.82, 2.24) is 9.47 Å². The van der Waals surface area contributed by atoms with Crippen LogP contribution < -0.4 is 0 Å². The highest BCUT2D eigenvalue weighted by molar-refractivity contribution is 5.88. The van der Waals surface area contributed by atoms with Crippen LogP contribution in [0.15, 0.2) is 54.7 Å². The highest BCUT2D eigenvalue weighted by Gasteiger charge is 2.36. The third kappa shape index (κ3) is 5.97. The van der Waals surface area contributed by atoms with E-state index in [2.05, 4.69) is 59.3 Å². The summed E-state index contributed by atoms with van der Waals surface area (Å²) < 4.78 is 13.4. The van der Waals surface area contributed by atoms with E-state index in [-0.39, 0.29) is 12.1 Å². The van der Waals surface area contributed by atoms with Crippen LogP contribution in [0, 0.1) is 0 Å². The van der Waals surface area contributed by atoms with Crippen LogP contribution in [0.5, 0.6) is 0 Å². The van der Waals surface area contributed by atoms with E-state index in [4.69, 9.17) is 9.47 Å². The molecule has 5 heteroatoms. The van der Waals surface area contributed by atoms with Gasteiger partial charge in [0.25, 0.3) is 0 Å². The lowest BCUT2D eigenvalue weighted by atomic mass is 9.99. The smallest absolute Gasteiger partial charge is 0.410 e. The summed E-state index contributed by atoms with van der Waals surface area (Å²) >= 11 is 0. The second-order valence-electron chi connectivity index (χ2n) is 10.0. The molecule has 0 N–H and O–H groups in total. The minimum absolute atomic E-state index is 0.217. The highest BCUT2D eigenvalue weighted by Crippen LogP contribution is 2.34. The van der Waals surface area contributed by atoms with Gasteiger partial charge in [-0.15, -0.1) is 0 Å². The van der Waals surface area contributed by atoms with Crippen LogP contribution in [0.25, 0.3) is 10.9 Å². The fourth-order valence-corrected chi connectivity index (χ4v) is 4.40. The van der Waals surface area contributed by atoms with E-state index >= 15 is 0 Å². The first-order valence-electron chi connectivity index (χ1n) is 12.0. The third-order valence-corrected chi connectivity index (χ3v) is 6.01. The number of hydrogen-bond donors (Lipinski definition) is 0. The van der Waals surface area contributed by atoms with E-state index in [1.54, 1.807) is 7.11 Å². The second kappa shape index (κ2) is 10.0. The molecule has 0 radical (unpaired) electrons. The van der Waals surface area contributed by atoms with Crippen molar-refractivity contribution in [1.29, 1.82) is 0 Å². The summed E-state index contributed by atoms with van der Waals surface area (Å²) in [7, 11) is 1.74. The third-order valence-electron chi connectivity index (χ3n) is 6.01. The van der Waals surface area contributed by atoms with Crippen molar-refractivity contribution in [2.24, 2.45) is 0 Å². The number of aromatic nitrogens is 1. The molecule has 1 aliphatic rings. The second-order valence-corrected chi connectivity index (χ2v) is 10.0. The molecule has 4 rings (SSSR count). The van der Waals surface area contributed by atoms with Gasteiger partial charge in [0.05, 0.1) is 6.54 Å². The number of ether oxygens (including phenoxy) is 2.